The first-order valence-electron chi connectivity index (χ1n) is 6.90. The zero-order chi connectivity index (χ0) is 14.8. The molecule has 2 rings (SSSR count). The van der Waals surface area contributed by atoms with Crippen molar-refractivity contribution in [2.45, 2.75) is 38.8 Å². The van der Waals surface area contributed by atoms with Crippen LogP contribution in [0.15, 0.2) is 36.5 Å². The van der Waals surface area contributed by atoms with Gasteiger partial charge in [-0.2, -0.15) is 5.10 Å². The van der Waals surface area contributed by atoms with E-state index in [0.717, 1.165) is 17.0 Å². The Morgan fingerprint density at radius 2 is 2.00 bits per heavy atom. The second-order valence-electron chi connectivity index (χ2n) is 5.68. The van der Waals surface area contributed by atoms with Gasteiger partial charge in [-0.05, 0) is 32.9 Å². The molecule has 0 amide bonds. The van der Waals surface area contributed by atoms with E-state index in [4.69, 9.17) is 10.5 Å². The van der Waals surface area contributed by atoms with Crippen LogP contribution in [0, 0.1) is 0 Å². The van der Waals surface area contributed by atoms with Crippen LogP contribution in [-0.4, -0.2) is 16.9 Å². The van der Waals surface area contributed by atoms with Crippen LogP contribution in [0.3, 0.4) is 0 Å². The number of benzene rings is 1. The van der Waals surface area contributed by atoms with E-state index in [1.165, 1.54) is 0 Å². The Balaban J connectivity index is 2.25. The number of methoxy groups -OCH3 is 1. The average Bonchev–Trinajstić information content (AvgIpc) is 2.86. The standard InChI is InChI=1S/C16H23N3O/c1-12(2)19-10-9-13(18-19)11-16(3,17)14-7-5-6-8-15(14)20-4/h5-10,12H,11,17H2,1-4H3. The van der Waals surface area contributed by atoms with Crippen molar-refractivity contribution >= 4 is 0 Å². The highest BCUT2D eigenvalue weighted by molar-refractivity contribution is 5.39. The summed E-state index contributed by atoms with van der Waals surface area (Å²) in [5.41, 5.74) is 7.99. The minimum absolute atomic E-state index is 0.360. The molecular formula is C16H23N3O. The van der Waals surface area contributed by atoms with Crippen LogP contribution in [0.1, 0.15) is 38.1 Å². The molecule has 0 fully saturated rings. The molecule has 0 aliphatic carbocycles. The maximum atomic E-state index is 6.50. The minimum atomic E-state index is -0.511. The number of ether oxygens (including phenoxy) is 1. The topological polar surface area (TPSA) is 53.1 Å². The second kappa shape index (κ2) is 5.67. The van der Waals surface area contributed by atoms with Gasteiger partial charge in [-0.3, -0.25) is 4.68 Å². The number of nitrogens with zero attached hydrogens (tertiary/aromatic N) is 2. The van der Waals surface area contributed by atoms with Crippen LogP contribution in [0.4, 0.5) is 0 Å². The smallest absolute Gasteiger partial charge is 0.123 e. The van der Waals surface area contributed by atoms with Crippen molar-refractivity contribution in [3.8, 4) is 5.75 Å². The first-order valence-corrected chi connectivity index (χ1v) is 6.90. The summed E-state index contributed by atoms with van der Waals surface area (Å²) in [6, 6.07) is 10.3. The van der Waals surface area contributed by atoms with Gasteiger partial charge in [0, 0.05) is 29.8 Å². The molecule has 0 aliphatic rings. The van der Waals surface area contributed by atoms with Crippen LogP contribution < -0.4 is 10.5 Å². The Labute approximate surface area is 120 Å². The molecule has 4 nitrogen and oxygen atoms in total. The third-order valence-electron chi connectivity index (χ3n) is 3.46. The fraction of sp³-hybridized carbons (Fsp3) is 0.438. The molecule has 2 aromatic rings. The molecule has 4 heteroatoms. The lowest BCUT2D eigenvalue weighted by Gasteiger charge is -2.26. The fourth-order valence-electron chi connectivity index (χ4n) is 2.35. The normalized spacial score (nSPS) is 14.3. The summed E-state index contributed by atoms with van der Waals surface area (Å²) in [7, 11) is 1.67. The van der Waals surface area contributed by atoms with Gasteiger partial charge < -0.3 is 10.5 Å². The van der Waals surface area contributed by atoms with Gasteiger partial charge in [-0.25, -0.2) is 0 Å². The average molecular weight is 273 g/mol. The Morgan fingerprint density at radius 3 is 2.60 bits per heavy atom. The number of hydrogen-bond acceptors (Lipinski definition) is 3. The molecule has 20 heavy (non-hydrogen) atoms. The first kappa shape index (κ1) is 14.6. The predicted octanol–water partition coefficient (Wildman–Crippen LogP) is 2.89. The van der Waals surface area contributed by atoms with Crippen LogP contribution in [0.2, 0.25) is 0 Å². The van der Waals surface area contributed by atoms with E-state index < -0.39 is 5.54 Å². The SMILES string of the molecule is COc1ccccc1C(C)(N)Cc1ccn(C(C)C)n1. The number of nitrogens with two attached hydrogens (primary N) is 1. The molecule has 0 bridgehead atoms. The highest BCUT2D eigenvalue weighted by Gasteiger charge is 2.26. The largest absolute Gasteiger partial charge is 0.496 e. The zero-order valence-electron chi connectivity index (χ0n) is 12.6. The molecular weight excluding hydrogens is 250 g/mol. The van der Waals surface area contributed by atoms with Gasteiger partial charge in [-0.1, -0.05) is 18.2 Å². The summed E-state index contributed by atoms with van der Waals surface area (Å²) < 4.78 is 7.36. The predicted molar refractivity (Wildman–Crippen MR) is 80.8 cm³/mol. The van der Waals surface area contributed by atoms with Crippen molar-refractivity contribution in [1.29, 1.82) is 0 Å². The van der Waals surface area contributed by atoms with E-state index in [0.29, 0.717) is 12.5 Å². The van der Waals surface area contributed by atoms with E-state index in [9.17, 15) is 0 Å². The van der Waals surface area contributed by atoms with Gasteiger partial charge in [0.25, 0.3) is 0 Å². The molecule has 0 saturated carbocycles. The van der Waals surface area contributed by atoms with Gasteiger partial charge in [0.15, 0.2) is 0 Å². The van der Waals surface area contributed by atoms with Crippen LogP contribution in [-0.2, 0) is 12.0 Å². The van der Waals surface area contributed by atoms with Crippen LogP contribution in [0.25, 0.3) is 0 Å². The molecule has 108 valence electrons. The van der Waals surface area contributed by atoms with Crippen molar-refractivity contribution < 1.29 is 4.74 Å². The summed E-state index contributed by atoms with van der Waals surface area (Å²) in [6.45, 7) is 6.23. The molecule has 1 aromatic carbocycles. The summed E-state index contributed by atoms with van der Waals surface area (Å²) in [5.74, 6) is 0.820. The molecule has 1 aromatic heterocycles. The molecule has 0 saturated heterocycles. The van der Waals surface area contributed by atoms with E-state index >= 15 is 0 Å². The van der Waals surface area contributed by atoms with E-state index in [1.54, 1.807) is 7.11 Å². The highest BCUT2D eigenvalue weighted by atomic mass is 16.5. The summed E-state index contributed by atoms with van der Waals surface area (Å²) in [4.78, 5) is 0. The van der Waals surface area contributed by atoms with E-state index in [2.05, 4.69) is 18.9 Å². The number of hydrogen-bond donors (Lipinski definition) is 1. The Bertz CT molecular complexity index is 573. The second-order valence-corrected chi connectivity index (χ2v) is 5.68. The molecule has 0 spiro atoms. The highest BCUT2D eigenvalue weighted by Crippen LogP contribution is 2.30. The lowest BCUT2D eigenvalue weighted by atomic mass is 9.88. The Morgan fingerprint density at radius 1 is 1.30 bits per heavy atom. The Hall–Kier alpha value is -1.81. The fourth-order valence-corrected chi connectivity index (χ4v) is 2.35. The number of para-hydroxylation sites is 1. The summed E-state index contributed by atoms with van der Waals surface area (Å²) >= 11 is 0. The lowest BCUT2D eigenvalue weighted by Crippen LogP contribution is -2.36. The van der Waals surface area contributed by atoms with Gasteiger partial charge in [0.2, 0.25) is 0 Å². The third-order valence-corrected chi connectivity index (χ3v) is 3.46. The Kier molecular flexibility index (Phi) is 4.14. The van der Waals surface area contributed by atoms with Crippen molar-refractivity contribution in [1.82, 2.24) is 9.78 Å². The third kappa shape index (κ3) is 3.02. The lowest BCUT2D eigenvalue weighted by molar-refractivity contribution is 0.384. The molecule has 0 radical (unpaired) electrons. The van der Waals surface area contributed by atoms with Gasteiger partial charge in [0.1, 0.15) is 5.75 Å². The van der Waals surface area contributed by atoms with Gasteiger partial charge in [0.05, 0.1) is 12.8 Å². The number of aromatic nitrogens is 2. The maximum absolute atomic E-state index is 6.50. The van der Waals surface area contributed by atoms with E-state index in [-0.39, 0.29) is 0 Å². The monoisotopic (exact) mass is 273 g/mol. The van der Waals surface area contributed by atoms with Crippen molar-refractivity contribution in [3.05, 3.63) is 47.8 Å². The quantitative estimate of drug-likeness (QED) is 0.911. The number of rotatable bonds is 5. The molecule has 1 heterocycles. The molecule has 1 unspecified atom stereocenters. The van der Waals surface area contributed by atoms with Crippen molar-refractivity contribution in [2.24, 2.45) is 5.73 Å². The first-order chi connectivity index (χ1) is 9.44. The minimum Gasteiger partial charge on any atom is -0.496 e. The molecule has 2 N–H and O–H groups in total. The van der Waals surface area contributed by atoms with E-state index in [1.807, 2.05) is 48.1 Å². The summed E-state index contributed by atoms with van der Waals surface area (Å²) in [6.07, 6.45) is 2.67. The molecule has 1 atom stereocenters. The zero-order valence-corrected chi connectivity index (χ0v) is 12.6. The molecule has 0 aliphatic heterocycles. The van der Waals surface area contributed by atoms with Crippen molar-refractivity contribution in [3.63, 3.8) is 0 Å². The summed E-state index contributed by atoms with van der Waals surface area (Å²) in [5, 5.41) is 4.57. The van der Waals surface area contributed by atoms with Crippen LogP contribution in [0.5, 0.6) is 5.75 Å². The van der Waals surface area contributed by atoms with Crippen LogP contribution >= 0.6 is 0 Å². The van der Waals surface area contributed by atoms with Gasteiger partial charge >= 0.3 is 0 Å². The van der Waals surface area contributed by atoms with Crippen molar-refractivity contribution in [2.75, 3.05) is 7.11 Å². The maximum Gasteiger partial charge on any atom is 0.123 e. The van der Waals surface area contributed by atoms with Gasteiger partial charge in [-0.15, -0.1) is 0 Å².